The fourth-order valence-electron chi connectivity index (χ4n) is 3.28. The van der Waals surface area contributed by atoms with E-state index >= 15 is 0 Å². The van der Waals surface area contributed by atoms with Gasteiger partial charge in [0, 0.05) is 23.7 Å². The van der Waals surface area contributed by atoms with Gasteiger partial charge in [-0.1, -0.05) is 24.0 Å². The van der Waals surface area contributed by atoms with Gasteiger partial charge < -0.3 is 40.5 Å². The molecule has 1 aliphatic heterocycles. The minimum Gasteiger partial charge on any atom is -0.388 e. The average Bonchev–Trinajstić information content (AvgIpc) is 3.24. The minimum absolute atomic E-state index is 0.00961. The van der Waals surface area contributed by atoms with Gasteiger partial charge in [-0.15, -0.1) is 4.67 Å². The van der Waals surface area contributed by atoms with E-state index in [4.69, 9.17) is 25.2 Å². The van der Waals surface area contributed by atoms with Crippen molar-refractivity contribution in [3.63, 3.8) is 0 Å². The van der Waals surface area contributed by atoms with E-state index in [0.717, 1.165) is 10.8 Å². The number of carbonyl (C=O) groups is 2. The van der Waals surface area contributed by atoms with Crippen LogP contribution in [-0.2, 0) is 36.6 Å². The fraction of sp³-hybridized carbons (Fsp3) is 0.300. The van der Waals surface area contributed by atoms with Crippen LogP contribution in [0.4, 0.5) is 5.82 Å². The lowest BCUT2D eigenvalue weighted by molar-refractivity contribution is -0.339. The first-order valence-corrected chi connectivity index (χ1v) is 16.0. The summed E-state index contributed by atoms with van der Waals surface area (Å²) in [7, 11) is -17.1. The summed E-state index contributed by atoms with van der Waals surface area (Å²) in [6, 6.07) is 5.93. The zero-order valence-corrected chi connectivity index (χ0v) is 24.3. The van der Waals surface area contributed by atoms with E-state index in [1.54, 1.807) is 0 Å². The lowest BCUT2D eigenvalue weighted by atomic mass is 10.1. The number of aliphatic hydroxyl groups is 1. The van der Waals surface area contributed by atoms with Gasteiger partial charge in [0.15, 0.2) is 5.78 Å². The van der Waals surface area contributed by atoms with E-state index in [1.165, 1.54) is 31.2 Å². The summed E-state index contributed by atoms with van der Waals surface area (Å²) in [5.74, 6) is 4.31. The molecule has 1 aromatic carbocycles. The van der Waals surface area contributed by atoms with Gasteiger partial charge in [0.2, 0.25) is 6.29 Å². The normalized spacial score (nSPS) is 21.2. The van der Waals surface area contributed by atoms with Crippen molar-refractivity contribution in [1.82, 2.24) is 14.9 Å². The quantitative estimate of drug-likeness (QED) is 0.0531. The molecular weight excluding hydrogens is 645 g/mol. The SMILES string of the molecule is CC(=O)c1ccc(C(=O)NCC#Cc2cn(C3CC(O)C(OOP(=O)(O)OP(=O)(O)OP(=O)(O)O)O3)c(=O)nc2N)cc1. The van der Waals surface area contributed by atoms with Crippen molar-refractivity contribution in [3.8, 4) is 11.8 Å². The van der Waals surface area contributed by atoms with E-state index in [9.17, 15) is 38.1 Å². The largest absolute Gasteiger partial charge is 0.508 e. The highest BCUT2D eigenvalue weighted by Crippen LogP contribution is 2.66. The third-order valence-electron chi connectivity index (χ3n) is 5.10. The molecule has 1 aromatic heterocycles. The highest BCUT2D eigenvalue weighted by molar-refractivity contribution is 7.66. The number of Topliss-reactive ketones (excluding diaryl/α,β-unsaturated/α-hetero) is 1. The molecule has 0 bridgehead atoms. The number of nitrogens with zero attached hydrogens (tertiary/aromatic N) is 2. The summed E-state index contributed by atoms with van der Waals surface area (Å²) in [4.78, 5) is 79.7. The van der Waals surface area contributed by atoms with E-state index < -0.39 is 53.7 Å². The first kappa shape index (κ1) is 34.4. The summed E-state index contributed by atoms with van der Waals surface area (Å²) in [5.41, 5.74) is 5.51. The molecule has 3 rings (SSSR count). The Morgan fingerprint density at radius 2 is 1.74 bits per heavy atom. The fourth-order valence-corrected chi connectivity index (χ4v) is 6.09. The number of aromatic nitrogens is 2. The molecule has 0 aliphatic carbocycles. The van der Waals surface area contributed by atoms with Crippen LogP contribution in [0.5, 0.6) is 0 Å². The number of nitrogen functional groups attached to an aromatic ring is 1. The number of nitrogens with two attached hydrogens (primary N) is 1. The molecule has 8 N–H and O–H groups in total. The predicted octanol–water partition coefficient (Wildman–Crippen LogP) is -0.310. The Labute approximate surface area is 240 Å². The van der Waals surface area contributed by atoms with Crippen molar-refractivity contribution < 1.29 is 70.9 Å². The molecule has 0 spiro atoms. The standard InChI is InChI=1S/C20H23N4O16P3/c1-11(25)12-4-6-13(7-5-12)18(27)22-8-2-3-14-10-24(20(28)23-17(14)21)16-9-15(26)19(36-16)37-38-42(32,33)40-43(34,35)39-41(29,30)31/h4-7,10,15-16,19,26H,8-9H2,1H3,(H,22,27)(H,32,33)(H,34,35)(H2,21,23,28)(H2,29,30,31). The van der Waals surface area contributed by atoms with Gasteiger partial charge in [-0.3, -0.25) is 14.2 Å². The van der Waals surface area contributed by atoms with E-state index in [2.05, 4.69) is 40.3 Å². The zero-order chi connectivity index (χ0) is 32.2. The predicted molar refractivity (Wildman–Crippen MR) is 139 cm³/mol. The molecule has 43 heavy (non-hydrogen) atoms. The molecule has 23 heteroatoms. The summed E-state index contributed by atoms with van der Waals surface area (Å²) in [5, 5.41) is 12.7. The molecule has 1 aliphatic rings. The maximum Gasteiger partial charge on any atom is 0.508 e. The van der Waals surface area contributed by atoms with Crippen LogP contribution in [0, 0.1) is 11.8 Å². The number of amides is 1. The van der Waals surface area contributed by atoms with Crippen LogP contribution in [0.1, 0.15) is 45.9 Å². The number of ketones is 1. The van der Waals surface area contributed by atoms with Crippen molar-refractivity contribution in [2.45, 2.75) is 32.0 Å². The smallest absolute Gasteiger partial charge is 0.388 e. The van der Waals surface area contributed by atoms with Crippen molar-refractivity contribution in [3.05, 3.63) is 57.6 Å². The number of rotatable bonds is 11. The number of phosphoric acid groups is 3. The second-order valence-corrected chi connectivity index (χ2v) is 12.7. The number of benzene rings is 1. The number of anilines is 1. The van der Waals surface area contributed by atoms with Crippen LogP contribution in [-0.4, -0.2) is 64.9 Å². The Morgan fingerprint density at radius 3 is 2.35 bits per heavy atom. The van der Waals surface area contributed by atoms with E-state index in [0.29, 0.717) is 5.56 Å². The summed E-state index contributed by atoms with van der Waals surface area (Å²) < 4.78 is 51.0. The number of nitrogens with one attached hydrogen (secondary N) is 1. The second-order valence-electron chi connectivity index (χ2n) is 8.37. The van der Waals surface area contributed by atoms with Gasteiger partial charge in [0.05, 0.1) is 12.1 Å². The molecule has 1 fully saturated rings. The highest BCUT2D eigenvalue weighted by Gasteiger charge is 2.44. The molecule has 1 amide bonds. The molecular formula is C20H23N4O16P3. The van der Waals surface area contributed by atoms with Gasteiger partial charge in [-0.05, 0) is 19.1 Å². The molecule has 5 unspecified atom stereocenters. The molecule has 0 radical (unpaired) electrons. The maximum atomic E-state index is 12.4. The highest BCUT2D eigenvalue weighted by atomic mass is 31.3. The monoisotopic (exact) mass is 668 g/mol. The molecule has 2 aromatic rings. The lowest BCUT2D eigenvalue weighted by Crippen LogP contribution is -2.29. The molecule has 1 saturated heterocycles. The maximum absolute atomic E-state index is 12.4. The van der Waals surface area contributed by atoms with E-state index in [-0.39, 0.29) is 35.7 Å². The molecule has 2 heterocycles. The Bertz CT molecular complexity index is 1650. The molecule has 234 valence electrons. The van der Waals surface area contributed by atoms with Crippen LogP contribution >= 0.6 is 23.5 Å². The Kier molecular flexibility index (Phi) is 10.9. The van der Waals surface area contributed by atoms with Crippen LogP contribution in [0.2, 0.25) is 0 Å². The molecule has 5 atom stereocenters. The summed E-state index contributed by atoms with van der Waals surface area (Å²) >= 11 is 0. The van der Waals surface area contributed by atoms with Crippen molar-refractivity contribution >= 4 is 41.0 Å². The van der Waals surface area contributed by atoms with Crippen LogP contribution in [0.3, 0.4) is 0 Å². The second kappa shape index (κ2) is 13.7. The number of ether oxygens (including phenoxy) is 1. The molecule has 0 saturated carbocycles. The van der Waals surface area contributed by atoms with Crippen LogP contribution in [0.15, 0.2) is 35.3 Å². The number of carbonyl (C=O) groups excluding carboxylic acids is 2. The van der Waals surface area contributed by atoms with Crippen LogP contribution in [0.25, 0.3) is 0 Å². The van der Waals surface area contributed by atoms with Gasteiger partial charge in [0.1, 0.15) is 18.1 Å². The van der Waals surface area contributed by atoms with Crippen molar-refractivity contribution in [2.75, 3.05) is 12.3 Å². The van der Waals surface area contributed by atoms with Gasteiger partial charge >= 0.3 is 29.2 Å². The Morgan fingerprint density at radius 1 is 1.12 bits per heavy atom. The van der Waals surface area contributed by atoms with Crippen LogP contribution < -0.4 is 16.7 Å². The van der Waals surface area contributed by atoms with Crippen molar-refractivity contribution in [2.24, 2.45) is 0 Å². The first-order chi connectivity index (χ1) is 19.9. The molecule has 20 nitrogen and oxygen atoms in total. The number of hydrogen-bond donors (Lipinski definition) is 7. The third-order valence-corrected chi connectivity index (χ3v) is 8.70. The topological polar surface area (TPSA) is 306 Å². The van der Waals surface area contributed by atoms with Gasteiger partial charge in [0.25, 0.3) is 5.91 Å². The first-order valence-electron chi connectivity index (χ1n) is 11.4. The van der Waals surface area contributed by atoms with E-state index in [1.807, 2.05) is 0 Å². The van der Waals surface area contributed by atoms with Gasteiger partial charge in [-0.25, -0.2) is 18.5 Å². The lowest BCUT2D eigenvalue weighted by Gasteiger charge is -2.18. The number of hydrogen-bond acceptors (Lipinski definition) is 14. The number of aliphatic hydroxyl groups excluding tert-OH is 1. The summed E-state index contributed by atoms with van der Waals surface area (Å²) in [6.07, 6.45) is -4.13. The third kappa shape index (κ3) is 10.2. The Hall–Kier alpha value is -3.11. The van der Waals surface area contributed by atoms with Crippen molar-refractivity contribution in [1.29, 1.82) is 0 Å². The minimum atomic E-state index is -5.82. The van der Waals surface area contributed by atoms with Gasteiger partial charge in [-0.2, -0.15) is 18.5 Å². The zero-order valence-electron chi connectivity index (χ0n) is 21.6. The summed E-state index contributed by atoms with van der Waals surface area (Å²) in [6.45, 7) is 1.24. The Balaban J connectivity index is 1.62. The average molecular weight is 668 g/mol.